The average molecular weight is 314 g/mol. The molecule has 0 aliphatic rings. The van der Waals surface area contributed by atoms with Crippen molar-refractivity contribution in [3.8, 4) is 0 Å². The van der Waals surface area contributed by atoms with Crippen LogP contribution in [0, 0.1) is 0 Å². The van der Waals surface area contributed by atoms with Gasteiger partial charge >= 0.3 is 17.9 Å². The normalized spacial score (nSPS) is 11.0. The molecule has 0 heterocycles. The van der Waals surface area contributed by atoms with E-state index in [0.29, 0.717) is 6.42 Å². The number of carbonyl (C=O) groups is 3. The van der Waals surface area contributed by atoms with Gasteiger partial charge in [-0.25, -0.2) is 0 Å². The second-order valence-corrected chi connectivity index (χ2v) is 4.89. The van der Waals surface area contributed by atoms with Crippen LogP contribution in [0.25, 0.3) is 0 Å². The van der Waals surface area contributed by atoms with Gasteiger partial charge in [0.1, 0.15) is 0 Å². The SMILES string of the molecule is COC(=O)C/C=C(/CCCCCCC(=O)OC)CC(=O)OC. The first-order valence-electron chi connectivity index (χ1n) is 7.41. The third kappa shape index (κ3) is 10.9. The summed E-state index contributed by atoms with van der Waals surface area (Å²) in [7, 11) is 4.05. The predicted octanol–water partition coefficient (Wildman–Crippen LogP) is 2.55. The number of esters is 3. The van der Waals surface area contributed by atoms with Crippen LogP contribution in [0.4, 0.5) is 0 Å². The lowest BCUT2D eigenvalue weighted by molar-refractivity contribution is -0.141. The van der Waals surface area contributed by atoms with E-state index in [1.165, 1.54) is 21.3 Å². The van der Waals surface area contributed by atoms with Crippen molar-refractivity contribution >= 4 is 17.9 Å². The van der Waals surface area contributed by atoms with Crippen molar-refractivity contribution < 1.29 is 28.6 Å². The average Bonchev–Trinajstić information content (AvgIpc) is 2.54. The van der Waals surface area contributed by atoms with Crippen LogP contribution in [0.1, 0.15) is 51.4 Å². The highest BCUT2D eigenvalue weighted by Crippen LogP contribution is 2.16. The Morgan fingerprint density at radius 2 is 1.27 bits per heavy atom. The van der Waals surface area contributed by atoms with Gasteiger partial charge in [-0.2, -0.15) is 0 Å². The molecule has 6 heteroatoms. The van der Waals surface area contributed by atoms with Crippen molar-refractivity contribution in [1.29, 1.82) is 0 Å². The molecule has 0 amide bonds. The Kier molecular flexibility index (Phi) is 11.8. The Balaban J connectivity index is 4.10. The molecule has 0 radical (unpaired) electrons. The first-order chi connectivity index (χ1) is 10.5. The number of methoxy groups -OCH3 is 3. The van der Waals surface area contributed by atoms with Crippen LogP contribution in [0.15, 0.2) is 11.6 Å². The minimum atomic E-state index is -0.333. The summed E-state index contributed by atoms with van der Waals surface area (Å²) in [6, 6.07) is 0. The van der Waals surface area contributed by atoms with Crippen LogP contribution < -0.4 is 0 Å². The maximum absolute atomic E-state index is 11.3. The Labute approximate surface area is 131 Å². The van der Waals surface area contributed by atoms with E-state index in [-0.39, 0.29) is 30.7 Å². The molecule has 126 valence electrons. The number of ether oxygens (including phenoxy) is 3. The first kappa shape index (κ1) is 20.1. The summed E-state index contributed by atoms with van der Waals surface area (Å²) < 4.78 is 13.8. The maximum atomic E-state index is 11.3. The monoisotopic (exact) mass is 314 g/mol. The minimum Gasteiger partial charge on any atom is -0.469 e. The van der Waals surface area contributed by atoms with Gasteiger partial charge < -0.3 is 14.2 Å². The molecule has 0 saturated carbocycles. The van der Waals surface area contributed by atoms with E-state index >= 15 is 0 Å². The zero-order valence-electron chi connectivity index (χ0n) is 13.7. The number of rotatable bonds is 11. The fourth-order valence-electron chi connectivity index (χ4n) is 1.91. The van der Waals surface area contributed by atoms with Crippen LogP contribution in [-0.4, -0.2) is 39.2 Å². The summed E-state index contributed by atoms with van der Waals surface area (Å²) in [4.78, 5) is 33.5. The zero-order chi connectivity index (χ0) is 16.8. The lowest BCUT2D eigenvalue weighted by Crippen LogP contribution is -2.04. The van der Waals surface area contributed by atoms with Gasteiger partial charge in [-0.05, 0) is 19.3 Å². The van der Waals surface area contributed by atoms with Gasteiger partial charge in [-0.15, -0.1) is 0 Å². The molecule has 0 aromatic carbocycles. The van der Waals surface area contributed by atoms with Crippen LogP contribution >= 0.6 is 0 Å². The third-order valence-corrected chi connectivity index (χ3v) is 3.24. The molecule has 0 aliphatic heterocycles. The summed E-state index contributed by atoms with van der Waals surface area (Å²) in [5, 5.41) is 0. The van der Waals surface area contributed by atoms with E-state index in [2.05, 4.69) is 14.2 Å². The van der Waals surface area contributed by atoms with E-state index in [1.807, 2.05) is 0 Å². The molecule has 0 fully saturated rings. The number of hydrogen-bond donors (Lipinski definition) is 0. The summed E-state index contributed by atoms with van der Waals surface area (Å²) in [6.45, 7) is 0. The Morgan fingerprint density at radius 1 is 0.727 bits per heavy atom. The number of carbonyl (C=O) groups excluding carboxylic acids is 3. The van der Waals surface area contributed by atoms with Crippen molar-refractivity contribution in [2.24, 2.45) is 0 Å². The number of hydrogen-bond acceptors (Lipinski definition) is 6. The molecule has 0 unspecified atom stereocenters. The van der Waals surface area contributed by atoms with Gasteiger partial charge in [0.2, 0.25) is 0 Å². The molecular formula is C16H26O6. The molecule has 22 heavy (non-hydrogen) atoms. The first-order valence-corrected chi connectivity index (χ1v) is 7.41. The Hall–Kier alpha value is -1.85. The molecule has 0 aromatic heterocycles. The van der Waals surface area contributed by atoms with Crippen LogP contribution in [0.5, 0.6) is 0 Å². The van der Waals surface area contributed by atoms with Gasteiger partial charge in [-0.3, -0.25) is 14.4 Å². The van der Waals surface area contributed by atoms with E-state index in [0.717, 1.165) is 37.7 Å². The summed E-state index contributed by atoms with van der Waals surface area (Å²) in [5.74, 6) is -0.841. The second kappa shape index (κ2) is 12.9. The molecular weight excluding hydrogens is 288 g/mol. The van der Waals surface area contributed by atoms with Gasteiger partial charge in [0.15, 0.2) is 0 Å². The third-order valence-electron chi connectivity index (χ3n) is 3.24. The van der Waals surface area contributed by atoms with Gasteiger partial charge in [0.25, 0.3) is 0 Å². The minimum absolute atomic E-state index is 0.158. The Morgan fingerprint density at radius 3 is 1.82 bits per heavy atom. The molecule has 0 N–H and O–H groups in total. The van der Waals surface area contributed by atoms with E-state index in [4.69, 9.17) is 0 Å². The number of unbranched alkanes of at least 4 members (excludes halogenated alkanes) is 3. The van der Waals surface area contributed by atoms with Crippen LogP contribution in [0.3, 0.4) is 0 Å². The highest BCUT2D eigenvalue weighted by Gasteiger charge is 2.08. The second-order valence-electron chi connectivity index (χ2n) is 4.89. The van der Waals surface area contributed by atoms with Crippen LogP contribution in [0.2, 0.25) is 0 Å². The van der Waals surface area contributed by atoms with Crippen molar-refractivity contribution in [1.82, 2.24) is 0 Å². The summed E-state index contributed by atoms with van der Waals surface area (Å²) >= 11 is 0. The zero-order valence-corrected chi connectivity index (χ0v) is 13.7. The highest BCUT2D eigenvalue weighted by atomic mass is 16.5. The van der Waals surface area contributed by atoms with Crippen molar-refractivity contribution in [3.05, 3.63) is 11.6 Å². The fourth-order valence-corrected chi connectivity index (χ4v) is 1.91. The van der Waals surface area contributed by atoms with Gasteiger partial charge in [-0.1, -0.05) is 24.5 Å². The quantitative estimate of drug-likeness (QED) is 0.252. The summed E-state index contributed by atoms with van der Waals surface area (Å²) in [5.41, 5.74) is 0.880. The lowest BCUT2D eigenvalue weighted by Gasteiger charge is -2.07. The molecule has 6 nitrogen and oxygen atoms in total. The molecule has 0 aliphatic carbocycles. The van der Waals surface area contributed by atoms with Crippen molar-refractivity contribution in [2.75, 3.05) is 21.3 Å². The van der Waals surface area contributed by atoms with E-state index < -0.39 is 0 Å². The molecule has 0 spiro atoms. The van der Waals surface area contributed by atoms with E-state index in [9.17, 15) is 14.4 Å². The van der Waals surface area contributed by atoms with Gasteiger partial charge in [0, 0.05) is 6.42 Å². The predicted molar refractivity (Wildman–Crippen MR) is 81.1 cm³/mol. The van der Waals surface area contributed by atoms with Crippen molar-refractivity contribution in [3.63, 3.8) is 0 Å². The molecule has 0 atom stereocenters. The standard InChI is InChI=1S/C16H26O6/c1-20-14(17)9-7-5-4-6-8-13(12-16(19)22-3)10-11-15(18)21-2/h10H,4-9,11-12H2,1-3H3/b13-10-. The molecule has 0 bridgehead atoms. The smallest absolute Gasteiger partial charge is 0.309 e. The fraction of sp³-hybridized carbons (Fsp3) is 0.688. The van der Waals surface area contributed by atoms with Crippen molar-refractivity contribution in [2.45, 2.75) is 51.4 Å². The Bertz CT molecular complexity index is 386. The highest BCUT2D eigenvalue weighted by molar-refractivity contribution is 5.74. The molecule has 0 rings (SSSR count). The van der Waals surface area contributed by atoms with E-state index in [1.54, 1.807) is 6.08 Å². The maximum Gasteiger partial charge on any atom is 0.309 e. The van der Waals surface area contributed by atoms with Crippen LogP contribution in [-0.2, 0) is 28.6 Å². The lowest BCUT2D eigenvalue weighted by atomic mass is 10.0. The summed E-state index contributed by atoms with van der Waals surface area (Å²) in [6.07, 6.45) is 6.81. The largest absolute Gasteiger partial charge is 0.469 e. The molecule has 0 saturated heterocycles. The topological polar surface area (TPSA) is 78.9 Å². The molecule has 0 aromatic rings. The van der Waals surface area contributed by atoms with Gasteiger partial charge in [0.05, 0.1) is 34.2 Å².